The lowest BCUT2D eigenvalue weighted by Gasteiger charge is -2.12. The second-order valence-electron chi connectivity index (χ2n) is 5.30. The van der Waals surface area contributed by atoms with Gasteiger partial charge in [0.25, 0.3) is 0 Å². The third-order valence-corrected chi connectivity index (χ3v) is 4.98. The van der Waals surface area contributed by atoms with Crippen LogP contribution in [0.1, 0.15) is 21.7 Å². The number of hydrogen-bond donors (Lipinski definition) is 1. The number of anilines is 1. The van der Waals surface area contributed by atoms with Crippen LogP contribution in [0.3, 0.4) is 0 Å². The quantitative estimate of drug-likeness (QED) is 0.833. The van der Waals surface area contributed by atoms with E-state index in [0.717, 1.165) is 43.6 Å². The van der Waals surface area contributed by atoms with Crippen molar-refractivity contribution in [1.29, 1.82) is 0 Å². The number of hydrogen-bond acceptors (Lipinski definition) is 5. The van der Waals surface area contributed by atoms with E-state index in [0.29, 0.717) is 0 Å². The Balaban J connectivity index is 1.65. The van der Waals surface area contributed by atoms with Gasteiger partial charge in [-0.25, -0.2) is 4.98 Å². The first-order valence-electron chi connectivity index (χ1n) is 7.25. The number of ether oxygens (including phenoxy) is 1. The van der Waals surface area contributed by atoms with Crippen LogP contribution >= 0.6 is 11.3 Å². The van der Waals surface area contributed by atoms with Crippen molar-refractivity contribution < 1.29 is 4.74 Å². The van der Waals surface area contributed by atoms with Crippen molar-refractivity contribution in [2.75, 3.05) is 25.2 Å². The summed E-state index contributed by atoms with van der Waals surface area (Å²) in [6, 6.07) is 8.65. The molecule has 0 amide bonds. The van der Waals surface area contributed by atoms with Gasteiger partial charge in [0.15, 0.2) is 5.13 Å². The van der Waals surface area contributed by atoms with Crippen LogP contribution in [0.25, 0.3) is 0 Å². The number of rotatable bonds is 6. The molecule has 0 saturated heterocycles. The maximum absolute atomic E-state index is 5.05. The summed E-state index contributed by atoms with van der Waals surface area (Å²) in [7, 11) is 1.72. The summed E-state index contributed by atoms with van der Waals surface area (Å²) in [4.78, 5) is 8.43. The van der Waals surface area contributed by atoms with Crippen molar-refractivity contribution >= 4 is 16.5 Å². The molecule has 4 nitrogen and oxygen atoms in total. The van der Waals surface area contributed by atoms with Crippen molar-refractivity contribution in [3.63, 3.8) is 0 Å². The molecule has 0 fully saturated rings. The van der Waals surface area contributed by atoms with Crippen molar-refractivity contribution in [3.05, 3.63) is 46.0 Å². The molecule has 0 atom stereocenters. The number of aryl methyl sites for hydroxylation is 1. The minimum absolute atomic E-state index is 0.742. The van der Waals surface area contributed by atoms with Crippen LogP contribution in [0.5, 0.6) is 0 Å². The molecule has 2 aromatic rings. The standard InChI is InChI=1S/C16H21N3OS/c1-12-15(9-17-7-8-20-2)21-16(18-12)19-10-13-5-3-4-6-14(13)11-19/h3-6,17H,7-11H2,1-2H3. The SMILES string of the molecule is COCCNCc1sc(N2Cc3ccccc3C2)nc1C. The Morgan fingerprint density at radius 1 is 1.29 bits per heavy atom. The molecule has 0 spiro atoms. The highest BCUT2D eigenvalue weighted by atomic mass is 32.1. The first kappa shape index (κ1) is 14.5. The second kappa shape index (κ2) is 6.56. The molecule has 1 aromatic carbocycles. The molecule has 0 unspecified atom stereocenters. The lowest BCUT2D eigenvalue weighted by Crippen LogP contribution is -2.18. The molecule has 1 aliphatic rings. The number of nitrogens with zero attached hydrogens (tertiary/aromatic N) is 2. The molecule has 1 aromatic heterocycles. The van der Waals surface area contributed by atoms with E-state index in [-0.39, 0.29) is 0 Å². The molecule has 0 aliphatic carbocycles. The molecule has 3 rings (SSSR count). The maximum atomic E-state index is 5.05. The van der Waals surface area contributed by atoms with Crippen molar-refractivity contribution in [3.8, 4) is 0 Å². The zero-order valence-corrected chi connectivity index (χ0v) is 13.4. The Hall–Kier alpha value is -1.43. The van der Waals surface area contributed by atoms with Crippen molar-refractivity contribution in [2.24, 2.45) is 0 Å². The highest BCUT2D eigenvalue weighted by Crippen LogP contribution is 2.32. The van der Waals surface area contributed by atoms with E-state index in [1.165, 1.54) is 16.0 Å². The van der Waals surface area contributed by atoms with E-state index < -0.39 is 0 Å². The lowest BCUT2D eigenvalue weighted by molar-refractivity contribution is 0.199. The van der Waals surface area contributed by atoms with E-state index >= 15 is 0 Å². The highest BCUT2D eigenvalue weighted by Gasteiger charge is 2.21. The first-order valence-corrected chi connectivity index (χ1v) is 8.07. The number of thiazole rings is 1. The predicted molar refractivity (Wildman–Crippen MR) is 86.8 cm³/mol. The van der Waals surface area contributed by atoms with Gasteiger partial charge in [0.05, 0.1) is 12.3 Å². The number of benzene rings is 1. The average molecular weight is 303 g/mol. The predicted octanol–water partition coefficient (Wildman–Crippen LogP) is 2.71. The Labute approximate surface area is 129 Å². The molecule has 0 radical (unpaired) electrons. The van der Waals surface area contributed by atoms with Gasteiger partial charge in [-0.1, -0.05) is 24.3 Å². The molecule has 0 saturated carbocycles. The lowest BCUT2D eigenvalue weighted by atomic mass is 10.1. The summed E-state index contributed by atoms with van der Waals surface area (Å²) in [6.45, 7) is 6.52. The van der Waals surface area contributed by atoms with Gasteiger partial charge in [0.2, 0.25) is 0 Å². The van der Waals surface area contributed by atoms with Crippen LogP contribution in [0.2, 0.25) is 0 Å². The van der Waals surface area contributed by atoms with Gasteiger partial charge in [-0.05, 0) is 18.1 Å². The second-order valence-corrected chi connectivity index (χ2v) is 6.36. The summed E-state index contributed by atoms with van der Waals surface area (Å²) in [5, 5.41) is 4.52. The fraction of sp³-hybridized carbons (Fsp3) is 0.438. The zero-order chi connectivity index (χ0) is 14.7. The summed E-state index contributed by atoms with van der Waals surface area (Å²) in [5.74, 6) is 0. The molecular weight excluding hydrogens is 282 g/mol. The van der Waals surface area contributed by atoms with Gasteiger partial charge in [-0.2, -0.15) is 0 Å². The monoisotopic (exact) mass is 303 g/mol. The molecule has 5 heteroatoms. The Morgan fingerprint density at radius 2 is 2.00 bits per heavy atom. The number of nitrogens with one attached hydrogen (secondary N) is 1. The highest BCUT2D eigenvalue weighted by molar-refractivity contribution is 7.15. The van der Waals surface area contributed by atoms with Gasteiger partial charge in [-0.3, -0.25) is 0 Å². The van der Waals surface area contributed by atoms with Gasteiger partial charge in [0.1, 0.15) is 0 Å². The first-order chi connectivity index (χ1) is 10.3. The van der Waals surface area contributed by atoms with E-state index in [2.05, 4.69) is 41.4 Å². The Bertz CT molecular complexity index is 586. The van der Waals surface area contributed by atoms with Crippen LogP contribution in [-0.4, -0.2) is 25.2 Å². The molecule has 1 aliphatic heterocycles. The molecular formula is C16H21N3OS. The Morgan fingerprint density at radius 3 is 2.67 bits per heavy atom. The van der Waals surface area contributed by atoms with Crippen LogP contribution < -0.4 is 10.2 Å². The van der Waals surface area contributed by atoms with E-state index in [1.54, 1.807) is 18.4 Å². The van der Waals surface area contributed by atoms with Crippen molar-refractivity contribution in [2.45, 2.75) is 26.6 Å². The smallest absolute Gasteiger partial charge is 0.186 e. The minimum atomic E-state index is 0.742. The molecule has 1 N–H and O–H groups in total. The topological polar surface area (TPSA) is 37.4 Å². The van der Waals surface area contributed by atoms with Crippen LogP contribution in [0.4, 0.5) is 5.13 Å². The summed E-state index contributed by atoms with van der Waals surface area (Å²) in [5.41, 5.74) is 3.98. The largest absolute Gasteiger partial charge is 0.383 e. The summed E-state index contributed by atoms with van der Waals surface area (Å²) < 4.78 is 5.05. The summed E-state index contributed by atoms with van der Waals surface area (Å²) in [6.07, 6.45) is 0. The van der Waals surface area contributed by atoms with Gasteiger partial charge < -0.3 is 15.0 Å². The normalized spacial score (nSPS) is 13.7. The van der Waals surface area contributed by atoms with Gasteiger partial charge in [0, 0.05) is 38.2 Å². The van der Waals surface area contributed by atoms with Crippen LogP contribution in [-0.2, 0) is 24.4 Å². The van der Waals surface area contributed by atoms with Gasteiger partial charge in [-0.15, -0.1) is 11.3 Å². The molecule has 2 heterocycles. The fourth-order valence-electron chi connectivity index (χ4n) is 2.56. The van der Waals surface area contributed by atoms with Gasteiger partial charge >= 0.3 is 0 Å². The van der Waals surface area contributed by atoms with E-state index in [9.17, 15) is 0 Å². The minimum Gasteiger partial charge on any atom is -0.383 e. The van der Waals surface area contributed by atoms with Crippen LogP contribution in [0.15, 0.2) is 24.3 Å². The molecule has 112 valence electrons. The number of fused-ring (bicyclic) bond motifs is 1. The van der Waals surface area contributed by atoms with Crippen molar-refractivity contribution in [1.82, 2.24) is 10.3 Å². The number of methoxy groups -OCH3 is 1. The maximum Gasteiger partial charge on any atom is 0.186 e. The number of aromatic nitrogens is 1. The molecule has 21 heavy (non-hydrogen) atoms. The van der Waals surface area contributed by atoms with E-state index in [1.807, 2.05) is 0 Å². The average Bonchev–Trinajstić information content (AvgIpc) is 3.07. The third-order valence-electron chi connectivity index (χ3n) is 3.76. The third kappa shape index (κ3) is 3.26. The fourth-order valence-corrected chi connectivity index (χ4v) is 3.59. The zero-order valence-electron chi connectivity index (χ0n) is 12.6. The Kier molecular flexibility index (Phi) is 4.53. The molecule has 0 bridgehead atoms. The van der Waals surface area contributed by atoms with E-state index in [4.69, 9.17) is 9.72 Å². The summed E-state index contributed by atoms with van der Waals surface area (Å²) >= 11 is 1.80. The van der Waals surface area contributed by atoms with Crippen LogP contribution in [0, 0.1) is 6.92 Å².